The van der Waals surface area contributed by atoms with Gasteiger partial charge in [0.25, 0.3) is 0 Å². The lowest BCUT2D eigenvalue weighted by Gasteiger charge is -2.26. The summed E-state index contributed by atoms with van der Waals surface area (Å²) in [6, 6.07) is 9.00. The Morgan fingerprint density at radius 2 is 1.89 bits per heavy atom. The summed E-state index contributed by atoms with van der Waals surface area (Å²) in [5.74, 6) is -0.423. The summed E-state index contributed by atoms with van der Waals surface area (Å²) in [4.78, 5) is 24.4. The number of rotatable bonds is 6. The van der Waals surface area contributed by atoms with Gasteiger partial charge in [0.2, 0.25) is 5.91 Å². The first-order valence-electron chi connectivity index (χ1n) is 6.74. The molecule has 4 heteroatoms. The highest BCUT2D eigenvalue weighted by atomic mass is 16.4. The summed E-state index contributed by atoms with van der Waals surface area (Å²) in [6.07, 6.45) is 4.99. The van der Waals surface area contributed by atoms with E-state index in [-0.39, 0.29) is 12.5 Å². The number of hydrogen-bond donors (Lipinski definition) is 1. The van der Waals surface area contributed by atoms with Crippen LogP contribution in [0.1, 0.15) is 32.1 Å². The molecule has 0 atom stereocenters. The Morgan fingerprint density at radius 3 is 2.42 bits per heavy atom. The number of aliphatic carboxylic acids is 1. The fourth-order valence-corrected chi connectivity index (χ4v) is 2.31. The number of benzene rings is 1. The molecule has 0 saturated heterocycles. The molecule has 1 aromatic rings. The molecule has 1 amide bonds. The number of carbonyl (C=O) groups is 2. The van der Waals surface area contributed by atoms with Crippen LogP contribution < -0.4 is 4.90 Å². The maximum Gasteiger partial charge on any atom is 0.323 e. The minimum atomic E-state index is -0.985. The van der Waals surface area contributed by atoms with E-state index in [9.17, 15) is 9.59 Å². The Labute approximate surface area is 113 Å². The topological polar surface area (TPSA) is 57.6 Å². The molecule has 0 aromatic heterocycles. The average molecular weight is 261 g/mol. The van der Waals surface area contributed by atoms with Crippen LogP contribution in [-0.4, -0.2) is 23.5 Å². The SMILES string of the molecule is O=C(O)CN(C(=O)CCC1CCC1)c1ccccc1. The molecule has 1 aliphatic carbocycles. The molecular formula is C15H19NO3. The van der Waals surface area contributed by atoms with E-state index in [0.717, 1.165) is 6.42 Å². The van der Waals surface area contributed by atoms with Gasteiger partial charge in [0.1, 0.15) is 6.54 Å². The molecule has 4 nitrogen and oxygen atoms in total. The van der Waals surface area contributed by atoms with E-state index in [1.54, 1.807) is 12.1 Å². The molecule has 102 valence electrons. The molecular weight excluding hydrogens is 242 g/mol. The van der Waals surface area contributed by atoms with E-state index in [4.69, 9.17) is 5.11 Å². The van der Waals surface area contributed by atoms with Crippen LogP contribution in [0.4, 0.5) is 5.69 Å². The number of amides is 1. The molecule has 19 heavy (non-hydrogen) atoms. The third kappa shape index (κ3) is 3.81. The van der Waals surface area contributed by atoms with Gasteiger partial charge in [-0.15, -0.1) is 0 Å². The summed E-state index contributed by atoms with van der Waals surface area (Å²) in [6.45, 7) is -0.270. The zero-order valence-electron chi connectivity index (χ0n) is 10.9. The highest BCUT2D eigenvalue weighted by molar-refractivity contribution is 5.97. The van der Waals surface area contributed by atoms with Crippen molar-refractivity contribution in [2.45, 2.75) is 32.1 Å². The van der Waals surface area contributed by atoms with Gasteiger partial charge >= 0.3 is 5.97 Å². The van der Waals surface area contributed by atoms with Crippen molar-refractivity contribution >= 4 is 17.6 Å². The maximum absolute atomic E-state index is 12.2. The van der Waals surface area contributed by atoms with Crippen LogP contribution in [0.2, 0.25) is 0 Å². The summed E-state index contributed by atoms with van der Waals surface area (Å²) in [5, 5.41) is 8.93. The van der Waals surface area contributed by atoms with Gasteiger partial charge < -0.3 is 10.0 Å². The van der Waals surface area contributed by atoms with Crippen LogP contribution in [0.3, 0.4) is 0 Å². The fourth-order valence-electron chi connectivity index (χ4n) is 2.31. The molecule has 1 N–H and O–H groups in total. The molecule has 0 heterocycles. The molecule has 0 bridgehead atoms. The van der Waals surface area contributed by atoms with Crippen LogP contribution in [0, 0.1) is 5.92 Å². The minimum absolute atomic E-state index is 0.0968. The summed E-state index contributed by atoms with van der Waals surface area (Å²) in [7, 11) is 0. The van der Waals surface area contributed by atoms with E-state index in [0.29, 0.717) is 18.0 Å². The van der Waals surface area contributed by atoms with E-state index in [1.807, 2.05) is 18.2 Å². The number of carboxylic acid groups (broad SMARTS) is 1. The van der Waals surface area contributed by atoms with Crippen LogP contribution in [0.5, 0.6) is 0 Å². The average Bonchev–Trinajstić information content (AvgIpc) is 2.34. The smallest absolute Gasteiger partial charge is 0.323 e. The van der Waals surface area contributed by atoms with Gasteiger partial charge in [-0.3, -0.25) is 9.59 Å². The second-order valence-electron chi connectivity index (χ2n) is 5.04. The van der Waals surface area contributed by atoms with Crippen molar-refractivity contribution in [2.24, 2.45) is 5.92 Å². The highest BCUT2D eigenvalue weighted by Gasteiger charge is 2.22. The standard InChI is InChI=1S/C15H19NO3/c17-14(10-9-12-5-4-6-12)16(11-15(18)19)13-7-2-1-3-8-13/h1-3,7-8,12H,4-6,9-11H2,(H,18,19). The first kappa shape index (κ1) is 13.6. The second kappa shape index (κ2) is 6.36. The summed E-state index contributed by atoms with van der Waals surface area (Å²) in [5.41, 5.74) is 0.656. The van der Waals surface area contributed by atoms with Crippen molar-refractivity contribution in [3.05, 3.63) is 30.3 Å². The molecule has 0 aliphatic heterocycles. The predicted molar refractivity (Wildman–Crippen MR) is 73.0 cm³/mol. The molecule has 1 aliphatic rings. The van der Waals surface area contributed by atoms with Crippen molar-refractivity contribution in [2.75, 3.05) is 11.4 Å². The lowest BCUT2D eigenvalue weighted by Crippen LogP contribution is -2.36. The molecule has 0 radical (unpaired) electrons. The van der Waals surface area contributed by atoms with Gasteiger partial charge in [0.15, 0.2) is 0 Å². The zero-order valence-corrected chi connectivity index (χ0v) is 10.9. The third-order valence-corrected chi connectivity index (χ3v) is 3.65. The van der Waals surface area contributed by atoms with Crippen molar-refractivity contribution in [3.8, 4) is 0 Å². The number of carboxylic acids is 1. The van der Waals surface area contributed by atoms with E-state index >= 15 is 0 Å². The molecule has 1 aromatic carbocycles. The van der Waals surface area contributed by atoms with Crippen molar-refractivity contribution < 1.29 is 14.7 Å². The maximum atomic E-state index is 12.2. The normalized spacial score (nSPS) is 14.7. The molecule has 2 rings (SSSR count). The second-order valence-corrected chi connectivity index (χ2v) is 5.04. The van der Waals surface area contributed by atoms with Gasteiger partial charge in [0.05, 0.1) is 0 Å². The predicted octanol–water partition coefficient (Wildman–Crippen LogP) is 2.68. The molecule has 0 unspecified atom stereocenters. The fraction of sp³-hybridized carbons (Fsp3) is 0.467. The van der Waals surface area contributed by atoms with Gasteiger partial charge in [-0.25, -0.2) is 0 Å². The summed E-state index contributed by atoms with van der Waals surface area (Å²) >= 11 is 0. The largest absolute Gasteiger partial charge is 0.480 e. The Hall–Kier alpha value is -1.84. The first-order valence-corrected chi connectivity index (χ1v) is 6.74. The van der Waals surface area contributed by atoms with E-state index < -0.39 is 5.97 Å². The van der Waals surface area contributed by atoms with Gasteiger partial charge in [-0.2, -0.15) is 0 Å². The zero-order chi connectivity index (χ0) is 13.7. The van der Waals surface area contributed by atoms with E-state index in [1.165, 1.54) is 24.2 Å². The van der Waals surface area contributed by atoms with Crippen LogP contribution in [-0.2, 0) is 9.59 Å². The number of nitrogens with zero attached hydrogens (tertiary/aromatic N) is 1. The number of hydrogen-bond acceptors (Lipinski definition) is 2. The quantitative estimate of drug-likeness (QED) is 0.856. The van der Waals surface area contributed by atoms with Gasteiger partial charge in [-0.05, 0) is 24.5 Å². The van der Waals surface area contributed by atoms with Crippen molar-refractivity contribution in [3.63, 3.8) is 0 Å². The van der Waals surface area contributed by atoms with Gasteiger partial charge in [0, 0.05) is 12.1 Å². The number of anilines is 1. The van der Waals surface area contributed by atoms with Crippen LogP contribution in [0.25, 0.3) is 0 Å². The highest BCUT2D eigenvalue weighted by Crippen LogP contribution is 2.30. The number of carbonyl (C=O) groups excluding carboxylic acids is 1. The monoisotopic (exact) mass is 261 g/mol. The van der Waals surface area contributed by atoms with Crippen molar-refractivity contribution in [1.82, 2.24) is 0 Å². The molecule has 1 saturated carbocycles. The molecule has 0 spiro atoms. The Morgan fingerprint density at radius 1 is 1.21 bits per heavy atom. The Kier molecular flexibility index (Phi) is 4.55. The Balaban J connectivity index is 1.99. The number of para-hydroxylation sites is 1. The Bertz CT molecular complexity index is 440. The lowest BCUT2D eigenvalue weighted by atomic mass is 9.82. The van der Waals surface area contributed by atoms with E-state index in [2.05, 4.69) is 0 Å². The minimum Gasteiger partial charge on any atom is -0.480 e. The van der Waals surface area contributed by atoms with Crippen LogP contribution >= 0.6 is 0 Å². The first-order chi connectivity index (χ1) is 9.16. The summed E-state index contributed by atoms with van der Waals surface area (Å²) < 4.78 is 0. The lowest BCUT2D eigenvalue weighted by molar-refractivity contribution is -0.136. The molecule has 1 fully saturated rings. The van der Waals surface area contributed by atoms with Gasteiger partial charge in [-0.1, -0.05) is 37.5 Å². The van der Waals surface area contributed by atoms with Crippen LogP contribution in [0.15, 0.2) is 30.3 Å². The van der Waals surface area contributed by atoms with Crippen molar-refractivity contribution in [1.29, 1.82) is 0 Å². The third-order valence-electron chi connectivity index (χ3n) is 3.65.